The van der Waals surface area contributed by atoms with Gasteiger partial charge in [0.25, 0.3) is 0 Å². The Morgan fingerprint density at radius 3 is 2.47 bits per heavy atom. The van der Waals surface area contributed by atoms with E-state index in [0.717, 1.165) is 17.5 Å². The van der Waals surface area contributed by atoms with E-state index < -0.39 is 0 Å². The van der Waals surface area contributed by atoms with Gasteiger partial charge in [0.05, 0.1) is 0 Å². The van der Waals surface area contributed by atoms with Crippen LogP contribution in [0.4, 0.5) is 0 Å². The molecule has 0 heterocycles. The zero-order valence-electron chi connectivity index (χ0n) is 9.93. The van der Waals surface area contributed by atoms with Crippen LogP contribution in [0.25, 0.3) is 12.2 Å². The van der Waals surface area contributed by atoms with Crippen LogP contribution in [-0.2, 0) is 6.42 Å². The maximum absolute atomic E-state index is 9.76. The van der Waals surface area contributed by atoms with Gasteiger partial charge in [0.1, 0.15) is 5.75 Å². The second-order valence-electron chi connectivity index (χ2n) is 3.99. The van der Waals surface area contributed by atoms with Gasteiger partial charge in [-0.1, -0.05) is 55.5 Å². The smallest absolute Gasteiger partial charge is 0.122 e. The zero-order valence-corrected chi connectivity index (χ0v) is 9.93. The molecule has 1 heteroatoms. The van der Waals surface area contributed by atoms with Gasteiger partial charge in [-0.2, -0.15) is 0 Å². The van der Waals surface area contributed by atoms with Crippen molar-refractivity contribution in [3.63, 3.8) is 0 Å². The summed E-state index contributed by atoms with van der Waals surface area (Å²) < 4.78 is 0. The maximum atomic E-state index is 9.76. The van der Waals surface area contributed by atoms with E-state index in [1.54, 1.807) is 6.07 Å². The molecular weight excluding hydrogens is 208 g/mol. The molecule has 2 aromatic rings. The third-order valence-corrected chi connectivity index (χ3v) is 2.76. The summed E-state index contributed by atoms with van der Waals surface area (Å²) >= 11 is 0. The molecule has 0 saturated heterocycles. The number of phenolic OH excluding ortho intramolecular Hbond substituents is 1. The fraction of sp³-hybridized carbons (Fsp3) is 0.125. The number of aromatic hydroxyl groups is 1. The van der Waals surface area contributed by atoms with E-state index in [4.69, 9.17) is 0 Å². The van der Waals surface area contributed by atoms with E-state index in [1.165, 1.54) is 5.56 Å². The van der Waals surface area contributed by atoms with Crippen LogP contribution in [0.5, 0.6) is 5.75 Å². The summed E-state index contributed by atoms with van der Waals surface area (Å²) in [5.74, 6) is 0.328. The second-order valence-corrected chi connectivity index (χ2v) is 3.99. The van der Waals surface area contributed by atoms with Crippen molar-refractivity contribution in [1.82, 2.24) is 0 Å². The van der Waals surface area contributed by atoms with Crippen LogP contribution in [0.15, 0.2) is 48.5 Å². The molecule has 0 radical (unpaired) electrons. The SMILES string of the molecule is CCc1ccc(O)c(C=Cc2ccccc2)c1. The first kappa shape index (κ1) is 11.5. The third-order valence-electron chi connectivity index (χ3n) is 2.76. The quantitative estimate of drug-likeness (QED) is 0.777. The van der Waals surface area contributed by atoms with Crippen molar-refractivity contribution in [2.45, 2.75) is 13.3 Å². The minimum Gasteiger partial charge on any atom is -0.507 e. The summed E-state index contributed by atoms with van der Waals surface area (Å²) in [5, 5.41) is 9.76. The molecule has 2 rings (SSSR count). The standard InChI is InChI=1S/C16H16O/c1-2-13-9-11-16(17)15(12-13)10-8-14-6-4-3-5-7-14/h3-12,17H,2H2,1H3. The van der Waals surface area contributed by atoms with Gasteiger partial charge >= 0.3 is 0 Å². The normalized spacial score (nSPS) is 10.9. The molecule has 0 bridgehead atoms. The molecule has 0 saturated carbocycles. The lowest BCUT2D eigenvalue weighted by molar-refractivity contribution is 0.474. The molecule has 0 aliphatic carbocycles. The van der Waals surface area contributed by atoms with Crippen LogP contribution >= 0.6 is 0 Å². The van der Waals surface area contributed by atoms with Gasteiger partial charge in [0.2, 0.25) is 0 Å². The number of benzene rings is 2. The van der Waals surface area contributed by atoms with Crippen molar-refractivity contribution >= 4 is 12.2 Å². The van der Waals surface area contributed by atoms with Crippen LogP contribution < -0.4 is 0 Å². The third kappa shape index (κ3) is 2.97. The molecule has 0 unspecified atom stereocenters. The highest BCUT2D eigenvalue weighted by Gasteiger charge is 1.98. The van der Waals surface area contributed by atoms with Crippen molar-refractivity contribution in [3.05, 3.63) is 65.2 Å². The first-order valence-electron chi connectivity index (χ1n) is 5.84. The van der Waals surface area contributed by atoms with Crippen LogP contribution in [0, 0.1) is 0 Å². The van der Waals surface area contributed by atoms with Crippen molar-refractivity contribution in [3.8, 4) is 5.75 Å². The van der Waals surface area contributed by atoms with Gasteiger partial charge in [-0.05, 0) is 29.7 Å². The molecule has 0 aliphatic rings. The lowest BCUT2D eigenvalue weighted by Gasteiger charge is -2.02. The Labute approximate surface area is 102 Å². The van der Waals surface area contributed by atoms with E-state index >= 15 is 0 Å². The number of phenols is 1. The minimum atomic E-state index is 0.328. The molecule has 17 heavy (non-hydrogen) atoms. The zero-order chi connectivity index (χ0) is 12.1. The van der Waals surface area contributed by atoms with Gasteiger partial charge in [-0.25, -0.2) is 0 Å². The Kier molecular flexibility index (Phi) is 3.61. The first-order chi connectivity index (χ1) is 8.29. The minimum absolute atomic E-state index is 0.328. The molecule has 0 spiro atoms. The average Bonchev–Trinajstić information content (AvgIpc) is 2.39. The van der Waals surface area contributed by atoms with E-state index in [-0.39, 0.29) is 0 Å². The number of aryl methyl sites for hydroxylation is 1. The van der Waals surface area contributed by atoms with E-state index in [1.807, 2.05) is 54.6 Å². The molecular formula is C16H16O. The highest BCUT2D eigenvalue weighted by molar-refractivity contribution is 5.72. The lowest BCUT2D eigenvalue weighted by Crippen LogP contribution is -1.82. The van der Waals surface area contributed by atoms with Gasteiger partial charge in [-0.15, -0.1) is 0 Å². The van der Waals surface area contributed by atoms with Crippen molar-refractivity contribution in [1.29, 1.82) is 0 Å². The van der Waals surface area contributed by atoms with Gasteiger partial charge < -0.3 is 5.11 Å². The van der Waals surface area contributed by atoms with Crippen LogP contribution in [0.2, 0.25) is 0 Å². The maximum Gasteiger partial charge on any atom is 0.122 e. The number of hydrogen-bond donors (Lipinski definition) is 1. The van der Waals surface area contributed by atoms with Gasteiger partial charge in [-0.3, -0.25) is 0 Å². The monoisotopic (exact) mass is 224 g/mol. The summed E-state index contributed by atoms with van der Waals surface area (Å²) in [5.41, 5.74) is 3.23. The summed E-state index contributed by atoms with van der Waals surface area (Å²) in [6.07, 6.45) is 4.94. The highest BCUT2D eigenvalue weighted by Crippen LogP contribution is 2.21. The van der Waals surface area contributed by atoms with Gasteiger partial charge in [0, 0.05) is 5.56 Å². The van der Waals surface area contributed by atoms with Crippen LogP contribution in [0.3, 0.4) is 0 Å². The molecule has 0 aliphatic heterocycles. The summed E-state index contributed by atoms with van der Waals surface area (Å²) in [7, 11) is 0. The van der Waals surface area contributed by atoms with Crippen LogP contribution in [0.1, 0.15) is 23.6 Å². The Balaban J connectivity index is 2.26. The van der Waals surface area contributed by atoms with Gasteiger partial charge in [0.15, 0.2) is 0 Å². The summed E-state index contributed by atoms with van der Waals surface area (Å²) in [6.45, 7) is 2.11. The Hall–Kier alpha value is -2.02. The predicted octanol–water partition coefficient (Wildman–Crippen LogP) is 4.13. The largest absolute Gasteiger partial charge is 0.507 e. The van der Waals surface area contributed by atoms with Crippen molar-refractivity contribution in [2.75, 3.05) is 0 Å². The summed E-state index contributed by atoms with van der Waals surface area (Å²) in [4.78, 5) is 0. The van der Waals surface area contributed by atoms with Crippen molar-refractivity contribution < 1.29 is 5.11 Å². The molecule has 0 amide bonds. The van der Waals surface area contributed by atoms with Crippen LogP contribution in [-0.4, -0.2) is 5.11 Å². The Morgan fingerprint density at radius 1 is 1.00 bits per heavy atom. The Morgan fingerprint density at radius 2 is 1.76 bits per heavy atom. The molecule has 1 nitrogen and oxygen atoms in total. The molecule has 0 aromatic heterocycles. The molecule has 2 aromatic carbocycles. The number of rotatable bonds is 3. The van der Waals surface area contributed by atoms with E-state index in [2.05, 4.69) is 6.92 Å². The van der Waals surface area contributed by atoms with E-state index in [0.29, 0.717) is 5.75 Å². The average molecular weight is 224 g/mol. The number of hydrogen-bond acceptors (Lipinski definition) is 1. The molecule has 0 atom stereocenters. The molecule has 0 fully saturated rings. The fourth-order valence-electron chi connectivity index (χ4n) is 1.71. The topological polar surface area (TPSA) is 20.2 Å². The summed E-state index contributed by atoms with van der Waals surface area (Å²) in [6, 6.07) is 15.8. The fourth-order valence-corrected chi connectivity index (χ4v) is 1.71. The van der Waals surface area contributed by atoms with E-state index in [9.17, 15) is 5.11 Å². The Bertz CT molecular complexity index is 512. The highest BCUT2D eigenvalue weighted by atomic mass is 16.3. The molecule has 1 N–H and O–H groups in total. The predicted molar refractivity (Wildman–Crippen MR) is 72.9 cm³/mol. The lowest BCUT2D eigenvalue weighted by atomic mass is 10.1. The second kappa shape index (κ2) is 5.35. The first-order valence-corrected chi connectivity index (χ1v) is 5.84. The molecule has 86 valence electrons. The van der Waals surface area contributed by atoms with Crippen molar-refractivity contribution in [2.24, 2.45) is 0 Å².